The minimum absolute atomic E-state index is 0.0616. The maximum absolute atomic E-state index is 10.5. The highest BCUT2D eigenvalue weighted by molar-refractivity contribution is 7.48. The van der Waals surface area contributed by atoms with Crippen molar-refractivity contribution in [1.29, 1.82) is 0 Å². The Morgan fingerprint density at radius 1 is 1.04 bits per heavy atom. The summed E-state index contributed by atoms with van der Waals surface area (Å²) in [5.74, 6) is 0.410. The van der Waals surface area contributed by atoms with E-state index in [-0.39, 0.29) is 10.7 Å². The van der Waals surface area contributed by atoms with Gasteiger partial charge in [-0.3, -0.25) is 0 Å². The summed E-state index contributed by atoms with van der Waals surface area (Å²) in [4.78, 5) is 0. The SMILES string of the molecule is CCC(C)(Pc1ccccc1CNC(C)(C)C)c1cc(C)ccc1O. The summed E-state index contributed by atoms with van der Waals surface area (Å²) in [5, 5.41) is 15.4. The molecule has 0 aromatic heterocycles. The number of phenols is 1. The molecule has 0 bridgehead atoms. The molecular formula is C22H32NOP. The first-order valence-electron chi connectivity index (χ1n) is 9.06. The highest BCUT2D eigenvalue weighted by atomic mass is 31.1. The zero-order valence-electron chi connectivity index (χ0n) is 16.4. The molecule has 2 aromatic carbocycles. The first-order valence-corrected chi connectivity index (χ1v) is 10.1. The molecule has 0 aliphatic carbocycles. The Bertz CT molecular complexity index is 720. The molecule has 3 heteroatoms. The van der Waals surface area contributed by atoms with Crippen LogP contribution in [0.25, 0.3) is 0 Å². The summed E-state index contributed by atoms with van der Waals surface area (Å²) in [6, 6.07) is 14.6. The Hall–Kier alpha value is -1.37. The summed E-state index contributed by atoms with van der Waals surface area (Å²) in [5.41, 5.74) is 3.70. The second kappa shape index (κ2) is 7.89. The highest BCUT2D eigenvalue weighted by Gasteiger charge is 2.29. The van der Waals surface area contributed by atoms with Crippen LogP contribution < -0.4 is 10.6 Å². The van der Waals surface area contributed by atoms with E-state index in [0.29, 0.717) is 14.3 Å². The standard InChI is InChI=1S/C22H32NOP/c1-7-22(6,18-14-16(2)12-13-19(18)24)25-20-11-9-8-10-17(20)15-23-21(3,4)5/h8-14,23-25H,7,15H2,1-6H3. The monoisotopic (exact) mass is 357 g/mol. The van der Waals surface area contributed by atoms with Crippen molar-refractivity contribution in [2.75, 3.05) is 0 Å². The molecule has 0 radical (unpaired) electrons. The smallest absolute Gasteiger partial charge is 0.119 e. The van der Waals surface area contributed by atoms with E-state index in [2.05, 4.69) is 77.2 Å². The normalized spacial score (nSPS) is 14.8. The van der Waals surface area contributed by atoms with Crippen molar-refractivity contribution in [3.8, 4) is 5.75 Å². The van der Waals surface area contributed by atoms with Crippen molar-refractivity contribution in [1.82, 2.24) is 5.32 Å². The molecule has 2 rings (SSSR count). The lowest BCUT2D eigenvalue weighted by Gasteiger charge is -2.31. The zero-order chi connectivity index (χ0) is 18.7. The number of benzene rings is 2. The van der Waals surface area contributed by atoms with E-state index in [9.17, 15) is 5.11 Å². The minimum atomic E-state index is -0.0616. The molecule has 2 nitrogen and oxygen atoms in total. The molecule has 0 aliphatic heterocycles. The molecule has 25 heavy (non-hydrogen) atoms. The summed E-state index contributed by atoms with van der Waals surface area (Å²) in [7, 11) is 0.611. The van der Waals surface area contributed by atoms with Gasteiger partial charge in [0.2, 0.25) is 0 Å². The van der Waals surface area contributed by atoms with E-state index in [0.717, 1.165) is 18.5 Å². The number of aryl methyl sites for hydroxylation is 1. The Labute approximate surface area is 154 Å². The van der Waals surface area contributed by atoms with Gasteiger partial charge in [-0.15, -0.1) is 0 Å². The average molecular weight is 357 g/mol. The molecule has 2 N–H and O–H groups in total. The number of hydrogen-bond donors (Lipinski definition) is 2. The third-order valence-corrected chi connectivity index (χ3v) is 6.62. The van der Waals surface area contributed by atoms with Gasteiger partial charge in [-0.2, -0.15) is 0 Å². The van der Waals surface area contributed by atoms with Crippen LogP contribution in [0.2, 0.25) is 0 Å². The van der Waals surface area contributed by atoms with Gasteiger partial charge in [-0.1, -0.05) is 64.4 Å². The van der Waals surface area contributed by atoms with Gasteiger partial charge in [-0.05, 0) is 51.1 Å². The third-order valence-electron chi connectivity index (χ3n) is 4.69. The topological polar surface area (TPSA) is 32.3 Å². The molecule has 2 unspecified atom stereocenters. The number of aromatic hydroxyl groups is 1. The van der Waals surface area contributed by atoms with Gasteiger partial charge in [0.05, 0.1) is 0 Å². The van der Waals surface area contributed by atoms with E-state index in [1.165, 1.54) is 16.4 Å². The molecule has 136 valence electrons. The van der Waals surface area contributed by atoms with Crippen LogP contribution in [0.5, 0.6) is 5.75 Å². The van der Waals surface area contributed by atoms with E-state index < -0.39 is 0 Å². The van der Waals surface area contributed by atoms with Crippen LogP contribution in [0.3, 0.4) is 0 Å². The van der Waals surface area contributed by atoms with Crippen LogP contribution in [0.1, 0.15) is 57.7 Å². The number of nitrogens with one attached hydrogen (secondary N) is 1. The van der Waals surface area contributed by atoms with Crippen molar-refractivity contribution >= 4 is 13.9 Å². The van der Waals surface area contributed by atoms with Crippen LogP contribution in [0, 0.1) is 6.92 Å². The van der Waals surface area contributed by atoms with Crippen molar-refractivity contribution in [3.05, 3.63) is 59.2 Å². The summed E-state index contributed by atoms with van der Waals surface area (Å²) in [6.45, 7) is 14.0. The molecule has 0 saturated heterocycles. The molecule has 0 saturated carbocycles. The van der Waals surface area contributed by atoms with E-state index in [1.54, 1.807) is 0 Å². The molecule has 0 spiro atoms. The largest absolute Gasteiger partial charge is 0.508 e. The van der Waals surface area contributed by atoms with Gasteiger partial charge < -0.3 is 10.4 Å². The van der Waals surface area contributed by atoms with Gasteiger partial charge in [0.1, 0.15) is 5.75 Å². The second-order valence-corrected chi connectivity index (χ2v) is 9.98. The molecule has 0 aliphatic rings. The maximum Gasteiger partial charge on any atom is 0.119 e. The van der Waals surface area contributed by atoms with Gasteiger partial charge in [0, 0.05) is 22.8 Å². The van der Waals surface area contributed by atoms with Crippen LogP contribution in [0.4, 0.5) is 0 Å². The highest BCUT2D eigenvalue weighted by Crippen LogP contribution is 2.47. The van der Waals surface area contributed by atoms with E-state index in [1.807, 2.05) is 12.1 Å². The van der Waals surface area contributed by atoms with Gasteiger partial charge >= 0.3 is 0 Å². The fourth-order valence-corrected chi connectivity index (χ4v) is 4.51. The fourth-order valence-electron chi connectivity index (χ4n) is 2.89. The first-order chi connectivity index (χ1) is 11.6. The van der Waals surface area contributed by atoms with Crippen molar-refractivity contribution in [2.24, 2.45) is 0 Å². The summed E-state index contributed by atoms with van der Waals surface area (Å²) < 4.78 is 0. The Kier molecular flexibility index (Phi) is 6.30. The number of rotatable bonds is 6. The summed E-state index contributed by atoms with van der Waals surface area (Å²) in [6.07, 6.45) is 0.990. The predicted octanol–water partition coefficient (Wildman–Crippen LogP) is 5.22. The lowest BCUT2D eigenvalue weighted by atomic mass is 9.95. The molecule has 2 atom stereocenters. The molecule has 0 amide bonds. The average Bonchev–Trinajstić information content (AvgIpc) is 2.55. The molecule has 0 fully saturated rings. The van der Waals surface area contributed by atoms with Gasteiger partial charge in [-0.25, -0.2) is 0 Å². The van der Waals surface area contributed by atoms with Crippen LogP contribution >= 0.6 is 8.58 Å². The number of hydrogen-bond acceptors (Lipinski definition) is 2. The zero-order valence-corrected chi connectivity index (χ0v) is 17.4. The van der Waals surface area contributed by atoms with Crippen molar-refractivity contribution < 1.29 is 5.11 Å². The maximum atomic E-state index is 10.5. The van der Waals surface area contributed by atoms with Crippen molar-refractivity contribution in [3.63, 3.8) is 0 Å². The molecule has 2 aromatic rings. The fraction of sp³-hybridized carbons (Fsp3) is 0.455. The second-order valence-electron chi connectivity index (χ2n) is 8.09. The van der Waals surface area contributed by atoms with Crippen LogP contribution in [0.15, 0.2) is 42.5 Å². The van der Waals surface area contributed by atoms with Crippen LogP contribution in [-0.2, 0) is 11.7 Å². The Morgan fingerprint density at radius 3 is 2.36 bits per heavy atom. The van der Waals surface area contributed by atoms with Gasteiger partial charge in [0.15, 0.2) is 0 Å². The van der Waals surface area contributed by atoms with E-state index in [4.69, 9.17) is 0 Å². The molecular weight excluding hydrogens is 325 g/mol. The van der Waals surface area contributed by atoms with Crippen molar-refractivity contribution in [2.45, 2.75) is 65.2 Å². The third kappa shape index (κ3) is 5.30. The Balaban J connectivity index is 2.34. The molecule has 0 heterocycles. The first kappa shape index (κ1) is 19.9. The predicted molar refractivity (Wildman–Crippen MR) is 111 cm³/mol. The van der Waals surface area contributed by atoms with Crippen LogP contribution in [-0.4, -0.2) is 10.6 Å². The summed E-state index contributed by atoms with van der Waals surface area (Å²) >= 11 is 0. The lowest BCUT2D eigenvalue weighted by molar-refractivity contribution is 0.425. The quantitative estimate of drug-likeness (QED) is 0.695. The minimum Gasteiger partial charge on any atom is -0.508 e. The number of phenolic OH excluding ortho intramolecular Hbond substituents is 1. The lowest BCUT2D eigenvalue weighted by Crippen LogP contribution is -2.36. The Morgan fingerprint density at radius 2 is 1.72 bits per heavy atom. The van der Waals surface area contributed by atoms with E-state index >= 15 is 0 Å². The van der Waals surface area contributed by atoms with Gasteiger partial charge in [0.25, 0.3) is 0 Å².